The normalized spacial score (nSPS) is 10.8. The summed E-state index contributed by atoms with van der Waals surface area (Å²) in [6.45, 7) is 7.38. The highest BCUT2D eigenvalue weighted by atomic mass is 16.2. The number of nitrogens with zero attached hydrogens (tertiary/aromatic N) is 4. The maximum absolute atomic E-state index is 12.9. The molecular weight excluding hydrogens is 300 g/mol. The molecule has 3 aromatic rings. The smallest absolute Gasteiger partial charge is 0.259 e. The molecule has 0 aliphatic heterocycles. The molecule has 0 spiro atoms. The number of carbonyl (C=O) groups is 1. The minimum Gasteiger partial charge on any atom is -0.339 e. The van der Waals surface area contributed by atoms with Gasteiger partial charge in [0.05, 0.1) is 11.9 Å². The van der Waals surface area contributed by atoms with Gasteiger partial charge in [-0.05, 0) is 45.0 Å². The maximum atomic E-state index is 12.9. The molecule has 0 saturated heterocycles. The summed E-state index contributed by atoms with van der Waals surface area (Å²) < 4.78 is 3.75. The van der Waals surface area contributed by atoms with E-state index in [2.05, 4.69) is 12.0 Å². The number of rotatable bonds is 5. The average Bonchev–Trinajstić information content (AvgIpc) is 3.25. The molecule has 0 aliphatic carbocycles. The van der Waals surface area contributed by atoms with Gasteiger partial charge in [-0.1, -0.05) is 17.7 Å². The molecule has 0 radical (unpaired) electrons. The van der Waals surface area contributed by atoms with E-state index in [9.17, 15) is 4.79 Å². The Labute approximate surface area is 142 Å². The second kappa shape index (κ2) is 6.74. The Morgan fingerprint density at radius 1 is 1.08 bits per heavy atom. The highest BCUT2D eigenvalue weighted by molar-refractivity contribution is 5.97. The Kier molecular flexibility index (Phi) is 4.51. The van der Waals surface area contributed by atoms with E-state index in [0.717, 1.165) is 11.5 Å². The Morgan fingerprint density at radius 2 is 1.71 bits per heavy atom. The van der Waals surface area contributed by atoms with Crippen LogP contribution in [0.1, 0.15) is 29.8 Å². The van der Waals surface area contributed by atoms with Crippen LogP contribution in [-0.4, -0.2) is 38.2 Å². The highest BCUT2D eigenvalue weighted by Crippen LogP contribution is 2.21. The molecule has 0 N–H and O–H groups in total. The van der Waals surface area contributed by atoms with Crippen LogP contribution in [0.3, 0.4) is 0 Å². The summed E-state index contributed by atoms with van der Waals surface area (Å²) in [5.74, 6) is 0.766. The van der Waals surface area contributed by atoms with Crippen molar-refractivity contribution in [1.29, 1.82) is 0 Å². The number of aromatic nitrogens is 3. The lowest BCUT2D eigenvalue weighted by atomic mass is 10.2. The zero-order chi connectivity index (χ0) is 17.1. The monoisotopic (exact) mass is 322 g/mol. The first-order valence-electron chi connectivity index (χ1n) is 8.23. The molecule has 0 bridgehead atoms. The predicted molar refractivity (Wildman–Crippen MR) is 94.9 cm³/mol. The third kappa shape index (κ3) is 2.85. The molecule has 0 saturated carbocycles. The van der Waals surface area contributed by atoms with Crippen LogP contribution in [0.2, 0.25) is 0 Å². The molecule has 24 heavy (non-hydrogen) atoms. The van der Waals surface area contributed by atoms with Gasteiger partial charge in [-0.15, -0.1) is 0 Å². The van der Waals surface area contributed by atoms with E-state index in [-0.39, 0.29) is 5.91 Å². The molecule has 5 heteroatoms. The van der Waals surface area contributed by atoms with E-state index in [4.69, 9.17) is 0 Å². The first-order chi connectivity index (χ1) is 11.7. The van der Waals surface area contributed by atoms with Gasteiger partial charge in [0.2, 0.25) is 0 Å². The summed E-state index contributed by atoms with van der Waals surface area (Å²) in [5, 5.41) is 4.49. The highest BCUT2D eigenvalue weighted by Gasteiger charge is 2.22. The van der Waals surface area contributed by atoms with Gasteiger partial charge in [0.15, 0.2) is 5.82 Å². The van der Waals surface area contributed by atoms with E-state index in [1.165, 1.54) is 5.56 Å². The van der Waals surface area contributed by atoms with Crippen molar-refractivity contribution < 1.29 is 4.79 Å². The van der Waals surface area contributed by atoms with Gasteiger partial charge in [-0.25, -0.2) is 4.68 Å². The van der Waals surface area contributed by atoms with Crippen molar-refractivity contribution in [2.75, 3.05) is 13.1 Å². The van der Waals surface area contributed by atoms with Gasteiger partial charge in [0.25, 0.3) is 5.91 Å². The number of hydrogen-bond donors (Lipinski definition) is 0. The Hall–Kier alpha value is -2.82. The molecule has 0 unspecified atom stereocenters. The van der Waals surface area contributed by atoms with E-state index in [1.54, 1.807) is 6.20 Å². The summed E-state index contributed by atoms with van der Waals surface area (Å²) in [6.07, 6.45) is 5.53. The predicted octanol–water partition coefficient (Wildman–Crippen LogP) is 3.45. The fourth-order valence-electron chi connectivity index (χ4n) is 2.77. The number of benzene rings is 1. The largest absolute Gasteiger partial charge is 0.339 e. The van der Waals surface area contributed by atoms with E-state index < -0.39 is 0 Å². The van der Waals surface area contributed by atoms with Crippen LogP contribution in [0.4, 0.5) is 0 Å². The molecule has 2 heterocycles. The molecule has 1 aromatic carbocycles. The number of amides is 1. The Bertz CT molecular complexity index is 812. The van der Waals surface area contributed by atoms with Crippen LogP contribution >= 0.6 is 0 Å². The number of aryl methyl sites for hydroxylation is 1. The molecule has 5 nitrogen and oxygen atoms in total. The summed E-state index contributed by atoms with van der Waals surface area (Å²) in [6, 6.07) is 12.0. The van der Waals surface area contributed by atoms with Crippen molar-refractivity contribution in [3.05, 3.63) is 66.1 Å². The van der Waals surface area contributed by atoms with Crippen LogP contribution < -0.4 is 0 Å². The summed E-state index contributed by atoms with van der Waals surface area (Å²) in [7, 11) is 0. The third-order valence-electron chi connectivity index (χ3n) is 4.15. The van der Waals surface area contributed by atoms with Gasteiger partial charge in [0.1, 0.15) is 5.56 Å². The van der Waals surface area contributed by atoms with Crippen LogP contribution in [0.15, 0.2) is 55.0 Å². The second-order valence-electron chi connectivity index (χ2n) is 5.70. The minimum absolute atomic E-state index is 0.00191. The lowest BCUT2D eigenvalue weighted by Crippen LogP contribution is -2.31. The zero-order valence-electron chi connectivity index (χ0n) is 14.3. The second-order valence-corrected chi connectivity index (χ2v) is 5.70. The SMILES string of the molecule is CCN(CC)C(=O)c1cnn(-c2ccc(C)cc2)c1-n1cccc1. The molecule has 1 amide bonds. The Balaban J connectivity index is 2.14. The standard InChI is InChI=1S/C19H22N4O/c1-4-21(5-2)19(24)17-14-20-23(16-10-8-15(3)9-11-16)18(17)22-12-6-7-13-22/h6-14H,4-5H2,1-3H3. The quantitative estimate of drug-likeness (QED) is 0.722. The first-order valence-corrected chi connectivity index (χ1v) is 8.23. The molecule has 0 fully saturated rings. The lowest BCUT2D eigenvalue weighted by Gasteiger charge is -2.19. The van der Waals surface area contributed by atoms with Gasteiger partial charge in [-0.3, -0.25) is 4.79 Å². The zero-order valence-corrected chi connectivity index (χ0v) is 14.3. The first kappa shape index (κ1) is 16.1. The van der Waals surface area contributed by atoms with Crippen LogP contribution in [-0.2, 0) is 0 Å². The van der Waals surface area contributed by atoms with E-state index in [1.807, 2.05) is 76.8 Å². The maximum Gasteiger partial charge on any atom is 0.259 e. The molecular formula is C19H22N4O. The van der Waals surface area contributed by atoms with Crippen molar-refractivity contribution in [3.63, 3.8) is 0 Å². The van der Waals surface area contributed by atoms with Gasteiger partial charge >= 0.3 is 0 Å². The van der Waals surface area contributed by atoms with Gasteiger partial charge < -0.3 is 9.47 Å². The molecule has 0 aliphatic rings. The van der Waals surface area contributed by atoms with Crippen molar-refractivity contribution in [2.45, 2.75) is 20.8 Å². The fourth-order valence-corrected chi connectivity index (χ4v) is 2.77. The molecule has 2 aromatic heterocycles. The van der Waals surface area contributed by atoms with Crippen LogP contribution in [0.5, 0.6) is 0 Å². The molecule has 3 rings (SSSR count). The Morgan fingerprint density at radius 3 is 2.29 bits per heavy atom. The fraction of sp³-hybridized carbons (Fsp3) is 0.263. The van der Waals surface area contributed by atoms with Gasteiger partial charge in [-0.2, -0.15) is 5.10 Å². The number of hydrogen-bond acceptors (Lipinski definition) is 2. The third-order valence-corrected chi connectivity index (χ3v) is 4.15. The lowest BCUT2D eigenvalue weighted by molar-refractivity contribution is 0.0773. The topological polar surface area (TPSA) is 43.1 Å². The van der Waals surface area contributed by atoms with Crippen molar-refractivity contribution in [3.8, 4) is 11.5 Å². The van der Waals surface area contributed by atoms with Crippen molar-refractivity contribution in [2.24, 2.45) is 0 Å². The summed E-state index contributed by atoms with van der Waals surface area (Å²) >= 11 is 0. The van der Waals surface area contributed by atoms with Gasteiger partial charge in [0, 0.05) is 25.5 Å². The summed E-state index contributed by atoms with van der Waals surface area (Å²) in [5.41, 5.74) is 2.73. The molecule has 124 valence electrons. The molecule has 0 atom stereocenters. The average molecular weight is 322 g/mol. The van der Waals surface area contributed by atoms with Crippen LogP contribution in [0.25, 0.3) is 11.5 Å². The minimum atomic E-state index is 0.00191. The van der Waals surface area contributed by atoms with E-state index >= 15 is 0 Å². The van der Waals surface area contributed by atoms with Crippen molar-refractivity contribution >= 4 is 5.91 Å². The van der Waals surface area contributed by atoms with Crippen LogP contribution in [0, 0.1) is 6.92 Å². The van der Waals surface area contributed by atoms with E-state index in [0.29, 0.717) is 18.7 Å². The van der Waals surface area contributed by atoms with Crippen molar-refractivity contribution in [1.82, 2.24) is 19.2 Å². The summed E-state index contributed by atoms with van der Waals surface area (Å²) in [4.78, 5) is 14.7. The number of carbonyl (C=O) groups excluding carboxylic acids is 1.